The van der Waals surface area contributed by atoms with E-state index in [0.29, 0.717) is 5.75 Å². The number of halogens is 1. The Bertz CT molecular complexity index is 600. The van der Waals surface area contributed by atoms with Gasteiger partial charge in [0, 0.05) is 16.6 Å². The molecule has 0 bridgehead atoms. The van der Waals surface area contributed by atoms with Gasteiger partial charge in [-0.05, 0) is 49.2 Å². The lowest BCUT2D eigenvalue weighted by Gasteiger charge is -2.12. The Morgan fingerprint density at radius 3 is 2.11 bits per heavy atom. The molecule has 0 aliphatic rings. The highest BCUT2D eigenvalue weighted by Gasteiger charge is 2.09. The number of non-ortho nitro benzene ring substituents is 1. The van der Waals surface area contributed by atoms with Gasteiger partial charge in [0.25, 0.3) is 5.69 Å². The maximum Gasteiger partial charge on any atom is 0.269 e. The third-order valence-electron chi connectivity index (χ3n) is 2.69. The standard InChI is InChI=1S/C14H12BrNO3/c1-9-7-11(15)8-10(2)14(9)19-13-5-3-12(4-6-13)16(17)18/h3-8H,1-2H3. The molecule has 0 saturated heterocycles. The summed E-state index contributed by atoms with van der Waals surface area (Å²) in [7, 11) is 0. The van der Waals surface area contributed by atoms with E-state index >= 15 is 0 Å². The van der Waals surface area contributed by atoms with Crippen LogP contribution in [0.15, 0.2) is 40.9 Å². The predicted molar refractivity (Wildman–Crippen MR) is 76.8 cm³/mol. The van der Waals surface area contributed by atoms with Gasteiger partial charge in [0.1, 0.15) is 11.5 Å². The van der Waals surface area contributed by atoms with Crippen LogP contribution < -0.4 is 4.74 Å². The lowest BCUT2D eigenvalue weighted by Crippen LogP contribution is -1.92. The van der Waals surface area contributed by atoms with Crippen molar-refractivity contribution in [2.75, 3.05) is 0 Å². The van der Waals surface area contributed by atoms with E-state index in [1.165, 1.54) is 12.1 Å². The lowest BCUT2D eigenvalue weighted by molar-refractivity contribution is -0.384. The van der Waals surface area contributed by atoms with Crippen LogP contribution in [-0.4, -0.2) is 4.92 Å². The summed E-state index contributed by atoms with van der Waals surface area (Å²) in [5.41, 5.74) is 2.06. The van der Waals surface area contributed by atoms with Crippen LogP contribution in [0, 0.1) is 24.0 Å². The van der Waals surface area contributed by atoms with Crippen LogP contribution in [0.5, 0.6) is 11.5 Å². The Labute approximate surface area is 119 Å². The van der Waals surface area contributed by atoms with Crippen LogP contribution in [0.1, 0.15) is 11.1 Å². The van der Waals surface area contributed by atoms with Crippen molar-refractivity contribution in [1.29, 1.82) is 0 Å². The number of nitro benzene ring substituents is 1. The first-order valence-corrected chi connectivity index (χ1v) is 6.46. The number of benzene rings is 2. The Kier molecular flexibility index (Phi) is 3.85. The zero-order chi connectivity index (χ0) is 14.0. The molecule has 5 heteroatoms. The van der Waals surface area contributed by atoms with E-state index in [2.05, 4.69) is 15.9 Å². The van der Waals surface area contributed by atoms with Crippen LogP contribution in [0.25, 0.3) is 0 Å². The van der Waals surface area contributed by atoms with Gasteiger partial charge < -0.3 is 4.74 Å². The van der Waals surface area contributed by atoms with Gasteiger partial charge in [0.15, 0.2) is 0 Å². The molecule has 19 heavy (non-hydrogen) atoms. The summed E-state index contributed by atoms with van der Waals surface area (Å²) < 4.78 is 6.78. The number of rotatable bonds is 3. The molecule has 2 aromatic carbocycles. The van der Waals surface area contributed by atoms with E-state index in [0.717, 1.165) is 21.3 Å². The molecule has 98 valence electrons. The van der Waals surface area contributed by atoms with Crippen LogP contribution in [-0.2, 0) is 0 Å². The van der Waals surface area contributed by atoms with Gasteiger partial charge in [0.2, 0.25) is 0 Å². The highest BCUT2D eigenvalue weighted by molar-refractivity contribution is 9.10. The molecule has 0 heterocycles. The van der Waals surface area contributed by atoms with Crippen molar-refractivity contribution in [3.63, 3.8) is 0 Å². The molecule has 0 spiro atoms. The molecular formula is C14H12BrNO3. The molecule has 0 fully saturated rings. The second kappa shape index (κ2) is 5.40. The fraction of sp³-hybridized carbons (Fsp3) is 0.143. The maximum atomic E-state index is 10.6. The lowest BCUT2D eigenvalue weighted by atomic mass is 10.1. The predicted octanol–water partition coefficient (Wildman–Crippen LogP) is 4.77. The first-order chi connectivity index (χ1) is 8.97. The average molecular weight is 322 g/mol. The van der Waals surface area contributed by atoms with Crippen molar-refractivity contribution in [1.82, 2.24) is 0 Å². The molecule has 0 radical (unpaired) electrons. The van der Waals surface area contributed by atoms with Crippen molar-refractivity contribution >= 4 is 21.6 Å². The van der Waals surface area contributed by atoms with Crippen LogP contribution in [0.3, 0.4) is 0 Å². The van der Waals surface area contributed by atoms with Gasteiger partial charge in [-0.25, -0.2) is 0 Å². The largest absolute Gasteiger partial charge is 0.457 e. The van der Waals surface area contributed by atoms with Crippen molar-refractivity contribution < 1.29 is 9.66 Å². The molecule has 2 aromatic rings. The summed E-state index contributed by atoms with van der Waals surface area (Å²) in [6.07, 6.45) is 0. The van der Waals surface area contributed by atoms with Gasteiger partial charge in [-0.2, -0.15) is 0 Å². The minimum atomic E-state index is -0.431. The number of nitro groups is 1. The molecule has 0 N–H and O–H groups in total. The summed E-state index contributed by atoms with van der Waals surface area (Å²) in [6.45, 7) is 3.91. The highest BCUT2D eigenvalue weighted by Crippen LogP contribution is 2.32. The van der Waals surface area contributed by atoms with Crippen molar-refractivity contribution in [3.8, 4) is 11.5 Å². The van der Waals surface area contributed by atoms with Crippen LogP contribution >= 0.6 is 15.9 Å². The smallest absolute Gasteiger partial charge is 0.269 e. The minimum absolute atomic E-state index is 0.0524. The maximum absolute atomic E-state index is 10.6. The molecule has 4 nitrogen and oxygen atoms in total. The summed E-state index contributed by atoms with van der Waals surface area (Å²) in [5, 5.41) is 10.6. The van der Waals surface area contributed by atoms with E-state index in [9.17, 15) is 10.1 Å². The number of ether oxygens (including phenoxy) is 1. The van der Waals surface area contributed by atoms with Gasteiger partial charge in [-0.3, -0.25) is 10.1 Å². The first kappa shape index (κ1) is 13.5. The summed E-state index contributed by atoms with van der Waals surface area (Å²) >= 11 is 3.43. The Morgan fingerprint density at radius 2 is 1.63 bits per heavy atom. The minimum Gasteiger partial charge on any atom is -0.457 e. The summed E-state index contributed by atoms with van der Waals surface area (Å²) in [4.78, 5) is 10.1. The Morgan fingerprint density at radius 1 is 1.11 bits per heavy atom. The quantitative estimate of drug-likeness (QED) is 0.604. The number of aryl methyl sites for hydroxylation is 2. The van der Waals surface area contributed by atoms with E-state index in [1.807, 2.05) is 26.0 Å². The van der Waals surface area contributed by atoms with E-state index in [4.69, 9.17) is 4.74 Å². The zero-order valence-corrected chi connectivity index (χ0v) is 12.1. The first-order valence-electron chi connectivity index (χ1n) is 5.66. The van der Waals surface area contributed by atoms with Gasteiger partial charge in [0.05, 0.1) is 4.92 Å². The SMILES string of the molecule is Cc1cc(Br)cc(C)c1Oc1ccc([N+](=O)[O-])cc1. The number of nitrogens with zero attached hydrogens (tertiary/aromatic N) is 1. The Hall–Kier alpha value is -1.88. The third-order valence-corrected chi connectivity index (χ3v) is 3.15. The molecular weight excluding hydrogens is 310 g/mol. The molecule has 0 aromatic heterocycles. The molecule has 0 amide bonds. The molecule has 0 aliphatic heterocycles. The monoisotopic (exact) mass is 321 g/mol. The normalized spacial score (nSPS) is 10.3. The fourth-order valence-electron chi connectivity index (χ4n) is 1.81. The molecule has 0 atom stereocenters. The number of hydrogen-bond donors (Lipinski definition) is 0. The highest BCUT2D eigenvalue weighted by atomic mass is 79.9. The zero-order valence-electron chi connectivity index (χ0n) is 10.5. The van der Waals surface area contributed by atoms with Crippen molar-refractivity contribution in [3.05, 3.63) is 62.1 Å². The van der Waals surface area contributed by atoms with Crippen LogP contribution in [0.4, 0.5) is 5.69 Å². The molecule has 2 rings (SSSR count). The third kappa shape index (κ3) is 3.12. The topological polar surface area (TPSA) is 52.4 Å². The van der Waals surface area contributed by atoms with E-state index < -0.39 is 4.92 Å². The second-order valence-electron chi connectivity index (χ2n) is 4.22. The van der Waals surface area contributed by atoms with Crippen LogP contribution in [0.2, 0.25) is 0 Å². The summed E-state index contributed by atoms with van der Waals surface area (Å²) in [6, 6.07) is 9.98. The number of hydrogen-bond acceptors (Lipinski definition) is 3. The van der Waals surface area contributed by atoms with Gasteiger partial charge >= 0.3 is 0 Å². The Balaban J connectivity index is 2.29. The molecule has 0 unspecified atom stereocenters. The van der Waals surface area contributed by atoms with Gasteiger partial charge in [-0.15, -0.1) is 0 Å². The van der Waals surface area contributed by atoms with E-state index in [-0.39, 0.29) is 5.69 Å². The summed E-state index contributed by atoms with van der Waals surface area (Å²) in [5.74, 6) is 1.36. The fourth-order valence-corrected chi connectivity index (χ4v) is 2.50. The second-order valence-corrected chi connectivity index (χ2v) is 5.14. The van der Waals surface area contributed by atoms with Crippen molar-refractivity contribution in [2.45, 2.75) is 13.8 Å². The van der Waals surface area contributed by atoms with Crippen molar-refractivity contribution in [2.24, 2.45) is 0 Å². The molecule has 0 saturated carbocycles. The average Bonchev–Trinajstić information content (AvgIpc) is 2.34. The van der Waals surface area contributed by atoms with E-state index in [1.54, 1.807) is 12.1 Å². The van der Waals surface area contributed by atoms with Gasteiger partial charge in [-0.1, -0.05) is 15.9 Å². The molecule has 0 aliphatic carbocycles.